The molecule has 0 aliphatic carbocycles. The smallest absolute Gasteiger partial charge is 0.119 e. The molecule has 82 valence electrons. The third kappa shape index (κ3) is 1.92. The molecule has 0 fully saturated rings. The average molecular weight is 206 g/mol. The summed E-state index contributed by atoms with van der Waals surface area (Å²) in [5.41, 5.74) is 3.92. The maximum atomic E-state index is 5.27. The first-order chi connectivity index (χ1) is 7.24. The van der Waals surface area contributed by atoms with Crippen LogP contribution in [0.3, 0.4) is 0 Å². The fraction of sp³-hybridized carbons (Fsp3) is 0.500. The Labute approximate surface area is 90.8 Å². The van der Waals surface area contributed by atoms with Gasteiger partial charge < -0.3 is 15.4 Å². The second kappa shape index (κ2) is 4.11. The van der Waals surface area contributed by atoms with E-state index in [4.69, 9.17) is 4.74 Å². The Balaban J connectivity index is 2.25. The summed E-state index contributed by atoms with van der Waals surface area (Å²) >= 11 is 0. The molecule has 0 spiro atoms. The number of rotatable bonds is 3. The van der Waals surface area contributed by atoms with Crippen LogP contribution in [0.2, 0.25) is 0 Å². The highest BCUT2D eigenvalue weighted by Gasteiger charge is 2.21. The standard InChI is InChI=1S/C12H18N2O/c1-8-4-11(15-3)6-9-5-10(7-13-2)14-12(8)9/h4,6,10,13-14H,5,7H2,1-3H3. The van der Waals surface area contributed by atoms with Gasteiger partial charge in [0.05, 0.1) is 7.11 Å². The minimum Gasteiger partial charge on any atom is -0.497 e. The van der Waals surface area contributed by atoms with Crippen LogP contribution in [-0.4, -0.2) is 26.7 Å². The van der Waals surface area contributed by atoms with Gasteiger partial charge in [0.2, 0.25) is 0 Å². The fourth-order valence-electron chi connectivity index (χ4n) is 2.20. The molecule has 1 unspecified atom stereocenters. The van der Waals surface area contributed by atoms with Gasteiger partial charge in [-0.3, -0.25) is 0 Å². The molecule has 0 aromatic heterocycles. The molecule has 1 atom stereocenters. The predicted molar refractivity (Wildman–Crippen MR) is 62.8 cm³/mol. The molecule has 0 bridgehead atoms. The van der Waals surface area contributed by atoms with Crippen molar-refractivity contribution >= 4 is 5.69 Å². The van der Waals surface area contributed by atoms with E-state index in [0.29, 0.717) is 6.04 Å². The molecule has 0 saturated heterocycles. The molecular formula is C12H18N2O. The summed E-state index contributed by atoms with van der Waals surface area (Å²) in [4.78, 5) is 0. The number of anilines is 1. The molecule has 1 aromatic rings. The van der Waals surface area contributed by atoms with Gasteiger partial charge in [-0.2, -0.15) is 0 Å². The van der Waals surface area contributed by atoms with Crippen molar-refractivity contribution in [3.05, 3.63) is 23.3 Å². The zero-order chi connectivity index (χ0) is 10.8. The second-order valence-electron chi connectivity index (χ2n) is 4.08. The zero-order valence-corrected chi connectivity index (χ0v) is 9.55. The van der Waals surface area contributed by atoms with Gasteiger partial charge in [0.25, 0.3) is 0 Å². The van der Waals surface area contributed by atoms with E-state index in [-0.39, 0.29) is 0 Å². The van der Waals surface area contributed by atoms with Crippen molar-refractivity contribution in [2.24, 2.45) is 0 Å². The number of hydrogen-bond acceptors (Lipinski definition) is 3. The molecule has 0 radical (unpaired) electrons. The van der Waals surface area contributed by atoms with Crippen molar-refractivity contribution in [1.82, 2.24) is 5.32 Å². The molecule has 2 rings (SSSR count). The van der Waals surface area contributed by atoms with Crippen molar-refractivity contribution in [3.8, 4) is 5.75 Å². The monoisotopic (exact) mass is 206 g/mol. The number of fused-ring (bicyclic) bond motifs is 1. The van der Waals surface area contributed by atoms with Crippen LogP contribution in [-0.2, 0) is 6.42 Å². The predicted octanol–water partition coefficient (Wildman–Crippen LogP) is 1.56. The van der Waals surface area contributed by atoms with Gasteiger partial charge in [0.15, 0.2) is 0 Å². The van der Waals surface area contributed by atoms with Gasteiger partial charge in [-0.05, 0) is 43.7 Å². The summed E-state index contributed by atoms with van der Waals surface area (Å²) in [6.07, 6.45) is 1.08. The van der Waals surface area contributed by atoms with Crippen molar-refractivity contribution in [2.75, 3.05) is 26.0 Å². The normalized spacial score (nSPS) is 18.5. The molecule has 15 heavy (non-hydrogen) atoms. The molecule has 3 nitrogen and oxygen atoms in total. The van der Waals surface area contributed by atoms with Crippen LogP contribution >= 0.6 is 0 Å². The van der Waals surface area contributed by atoms with Gasteiger partial charge in [-0.25, -0.2) is 0 Å². The van der Waals surface area contributed by atoms with E-state index in [0.717, 1.165) is 18.7 Å². The molecule has 1 heterocycles. The number of methoxy groups -OCH3 is 1. The van der Waals surface area contributed by atoms with Crippen molar-refractivity contribution in [2.45, 2.75) is 19.4 Å². The Bertz CT molecular complexity index is 363. The Hall–Kier alpha value is -1.22. The summed E-state index contributed by atoms with van der Waals surface area (Å²) in [6.45, 7) is 3.12. The van der Waals surface area contributed by atoms with Gasteiger partial charge in [0.1, 0.15) is 5.75 Å². The molecule has 0 saturated carbocycles. The molecule has 2 N–H and O–H groups in total. The van der Waals surface area contributed by atoms with E-state index in [1.807, 2.05) is 7.05 Å². The minimum atomic E-state index is 0.510. The lowest BCUT2D eigenvalue weighted by Crippen LogP contribution is -2.28. The van der Waals surface area contributed by atoms with Crippen LogP contribution in [0.1, 0.15) is 11.1 Å². The highest BCUT2D eigenvalue weighted by Crippen LogP contribution is 2.32. The number of hydrogen-bond donors (Lipinski definition) is 2. The molecular weight excluding hydrogens is 188 g/mol. The summed E-state index contributed by atoms with van der Waals surface area (Å²) in [7, 11) is 3.70. The third-order valence-corrected chi connectivity index (χ3v) is 2.89. The van der Waals surface area contributed by atoms with E-state index < -0.39 is 0 Å². The lowest BCUT2D eigenvalue weighted by Gasteiger charge is -2.11. The fourth-order valence-corrected chi connectivity index (χ4v) is 2.20. The maximum Gasteiger partial charge on any atom is 0.119 e. The Morgan fingerprint density at radius 1 is 1.53 bits per heavy atom. The second-order valence-corrected chi connectivity index (χ2v) is 4.08. The zero-order valence-electron chi connectivity index (χ0n) is 9.55. The van der Waals surface area contributed by atoms with E-state index in [1.165, 1.54) is 16.8 Å². The third-order valence-electron chi connectivity index (χ3n) is 2.89. The molecule has 1 aromatic carbocycles. The quantitative estimate of drug-likeness (QED) is 0.787. The van der Waals surface area contributed by atoms with Gasteiger partial charge >= 0.3 is 0 Å². The summed E-state index contributed by atoms with van der Waals surface area (Å²) < 4.78 is 5.27. The lowest BCUT2D eigenvalue weighted by molar-refractivity contribution is 0.414. The number of likely N-dealkylation sites (N-methyl/N-ethyl adjacent to an activating group) is 1. The van der Waals surface area contributed by atoms with Gasteiger partial charge in [0, 0.05) is 18.3 Å². The summed E-state index contributed by atoms with van der Waals surface area (Å²) in [5.74, 6) is 0.957. The van der Waals surface area contributed by atoms with Crippen molar-refractivity contribution < 1.29 is 4.74 Å². The molecule has 0 amide bonds. The van der Waals surface area contributed by atoms with Crippen LogP contribution in [0.25, 0.3) is 0 Å². The van der Waals surface area contributed by atoms with Crippen LogP contribution in [0.15, 0.2) is 12.1 Å². The van der Waals surface area contributed by atoms with Crippen LogP contribution in [0.5, 0.6) is 5.75 Å². The topological polar surface area (TPSA) is 33.3 Å². The Morgan fingerprint density at radius 3 is 3.00 bits per heavy atom. The van der Waals surface area contributed by atoms with Crippen LogP contribution in [0.4, 0.5) is 5.69 Å². The van der Waals surface area contributed by atoms with Crippen molar-refractivity contribution in [1.29, 1.82) is 0 Å². The summed E-state index contributed by atoms with van der Waals surface area (Å²) in [6, 6.07) is 4.72. The van der Waals surface area contributed by atoms with E-state index in [1.54, 1.807) is 7.11 Å². The SMILES string of the molecule is CNCC1Cc2cc(OC)cc(C)c2N1. The Morgan fingerprint density at radius 2 is 2.33 bits per heavy atom. The van der Waals surface area contributed by atoms with E-state index in [9.17, 15) is 0 Å². The lowest BCUT2D eigenvalue weighted by atomic mass is 10.1. The molecule has 1 aliphatic heterocycles. The van der Waals surface area contributed by atoms with Crippen molar-refractivity contribution in [3.63, 3.8) is 0 Å². The average Bonchev–Trinajstić information content (AvgIpc) is 2.61. The van der Waals surface area contributed by atoms with Crippen LogP contribution in [0, 0.1) is 6.92 Å². The first-order valence-electron chi connectivity index (χ1n) is 5.33. The van der Waals surface area contributed by atoms with Gasteiger partial charge in [-0.1, -0.05) is 0 Å². The molecule has 1 aliphatic rings. The largest absolute Gasteiger partial charge is 0.497 e. The van der Waals surface area contributed by atoms with E-state index >= 15 is 0 Å². The summed E-state index contributed by atoms with van der Waals surface area (Å²) in [5, 5.41) is 6.74. The first-order valence-corrected chi connectivity index (χ1v) is 5.33. The number of ether oxygens (including phenoxy) is 1. The van der Waals surface area contributed by atoms with Crippen LogP contribution < -0.4 is 15.4 Å². The highest BCUT2D eigenvalue weighted by molar-refractivity contribution is 5.64. The number of nitrogens with one attached hydrogen (secondary N) is 2. The number of aryl methyl sites for hydroxylation is 1. The maximum absolute atomic E-state index is 5.27. The first kappa shape index (κ1) is 10.3. The number of benzene rings is 1. The minimum absolute atomic E-state index is 0.510. The molecule has 3 heteroatoms. The Kier molecular flexibility index (Phi) is 2.82. The van der Waals surface area contributed by atoms with E-state index in [2.05, 4.69) is 29.7 Å². The highest BCUT2D eigenvalue weighted by atomic mass is 16.5. The van der Waals surface area contributed by atoms with Gasteiger partial charge in [-0.15, -0.1) is 0 Å².